The maximum absolute atomic E-state index is 13.1. The molecular formula is C13H18F2N2O. The topological polar surface area (TPSA) is 44.3 Å². The van der Waals surface area contributed by atoms with E-state index in [1.807, 2.05) is 24.3 Å². The van der Waals surface area contributed by atoms with Gasteiger partial charge in [-0.1, -0.05) is 24.3 Å². The second kappa shape index (κ2) is 5.73. The predicted molar refractivity (Wildman–Crippen MR) is 65.5 cm³/mol. The van der Waals surface area contributed by atoms with Crippen LogP contribution in [0.3, 0.4) is 0 Å². The van der Waals surface area contributed by atoms with Crippen molar-refractivity contribution in [2.45, 2.75) is 24.9 Å². The molecule has 3 nitrogen and oxygen atoms in total. The van der Waals surface area contributed by atoms with E-state index < -0.39 is 19.1 Å². The van der Waals surface area contributed by atoms with Crippen LogP contribution in [0.25, 0.3) is 0 Å². The molecule has 3 N–H and O–H groups in total. The van der Waals surface area contributed by atoms with Gasteiger partial charge in [-0.3, -0.25) is 0 Å². The van der Waals surface area contributed by atoms with Crippen molar-refractivity contribution in [2.24, 2.45) is 0 Å². The van der Waals surface area contributed by atoms with Crippen molar-refractivity contribution >= 4 is 0 Å². The fourth-order valence-electron chi connectivity index (χ4n) is 2.20. The lowest BCUT2D eigenvalue weighted by atomic mass is 9.99. The van der Waals surface area contributed by atoms with Gasteiger partial charge in [-0.25, -0.2) is 8.78 Å². The van der Waals surface area contributed by atoms with Crippen LogP contribution >= 0.6 is 0 Å². The zero-order valence-electron chi connectivity index (χ0n) is 10.1. The highest BCUT2D eigenvalue weighted by atomic mass is 19.3. The molecule has 1 aliphatic heterocycles. The fourth-order valence-corrected chi connectivity index (χ4v) is 2.20. The molecule has 1 aliphatic rings. The number of alkyl halides is 2. The minimum Gasteiger partial charge on any atom is -0.390 e. The van der Waals surface area contributed by atoms with Crippen molar-refractivity contribution < 1.29 is 13.9 Å². The molecule has 0 amide bonds. The average molecular weight is 256 g/mol. The van der Waals surface area contributed by atoms with E-state index >= 15 is 0 Å². The molecule has 0 fully saturated rings. The summed E-state index contributed by atoms with van der Waals surface area (Å²) in [5.41, 5.74) is 2.20. The van der Waals surface area contributed by atoms with E-state index in [0.717, 1.165) is 30.6 Å². The highest BCUT2D eigenvalue weighted by Crippen LogP contribution is 2.24. The smallest absolute Gasteiger partial charge is 0.282 e. The van der Waals surface area contributed by atoms with Crippen molar-refractivity contribution in [1.29, 1.82) is 0 Å². The summed E-state index contributed by atoms with van der Waals surface area (Å²) < 4.78 is 26.1. The Morgan fingerprint density at radius 1 is 1.39 bits per heavy atom. The molecule has 1 unspecified atom stereocenters. The summed E-state index contributed by atoms with van der Waals surface area (Å²) in [5, 5.41) is 14.7. The molecule has 0 saturated carbocycles. The Labute approximate surface area is 105 Å². The molecule has 5 heteroatoms. The first-order valence-electron chi connectivity index (χ1n) is 6.13. The van der Waals surface area contributed by atoms with Crippen LogP contribution in [-0.4, -0.2) is 30.7 Å². The summed E-state index contributed by atoms with van der Waals surface area (Å²) >= 11 is 0. The maximum atomic E-state index is 13.1. The summed E-state index contributed by atoms with van der Waals surface area (Å²) in [4.78, 5) is 0. The summed E-state index contributed by atoms with van der Waals surface area (Å²) in [6, 6.07) is 7.76. The average Bonchev–Trinajstić information content (AvgIpc) is 2.59. The van der Waals surface area contributed by atoms with E-state index in [-0.39, 0.29) is 6.04 Å². The Hall–Kier alpha value is -1.04. The first-order valence-corrected chi connectivity index (χ1v) is 6.13. The lowest BCUT2D eigenvalue weighted by Gasteiger charge is -2.22. The molecule has 100 valence electrons. The van der Waals surface area contributed by atoms with Crippen molar-refractivity contribution in [1.82, 2.24) is 10.6 Å². The monoisotopic (exact) mass is 256 g/mol. The standard InChI is InChI=1S/C13H18F2N2O/c14-13(15,9-18)8-17-12-5-6-16-7-10-3-1-2-4-11(10)12/h1-4,12,16-18H,5-9H2. The molecule has 0 aromatic heterocycles. The van der Waals surface area contributed by atoms with E-state index in [0.29, 0.717) is 0 Å². The molecule has 1 heterocycles. The SMILES string of the molecule is OCC(F)(F)CNC1CCNCc2ccccc21. The van der Waals surface area contributed by atoms with E-state index in [1.165, 1.54) is 0 Å². The van der Waals surface area contributed by atoms with Gasteiger partial charge < -0.3 is 15.7 Å². The molecule has 1 atom stereocenters. The highest BCUT2D eigenvalue weighted by Gasteiger charge is 2.29. The molecule has 1 aromatic rings. The Bertz CT molecular complexity index is 398. The van der Waals surface area contributed by atoms with Crippen LogP contribution in [0, 0.1) is 0 Å². The number of rotatable bonds is 4. The minimum absolute atomic E-state index is 0.0892. The van der Waals surface area contributed by atoms with E-state index in [9.17, 15) is 8.78 Å². The fraction of sp³-hybridized carbons (Fsp3) is 0.538. The summed E-state index contributed by atoms with van der Waals surface area (Å²) in [6.45, 7) is -0.0586. The van der Waals surface area contributed by atoms with Gasteiger partial charge in [0.05, 0.1) is 6.54 Å². The van der Waals surface area contributed by atoms with Gasteiger partial charge in [0.15, 0.2) is 0 Å². The number of nitrogens with one attached hydrogen (secondary N) is 2. The molecule has 0 bridgehead atoms. The number of fused-ring (bicyclic) bond motifs is 1. The number of benzene rings is 1. The van der Waals surface area contributed by atoms with Crippen LogP contribution in [0.1, 0.15) is 23.6 Å². The number of aliphatic hydroxyl groups is 1. The van der Waals surface area contributed by atoms with Crippen molar-refractivity contribution in [3.8, 4) is 0 Å². The van der Waals surface area contributed by atoms with Crippen LogP contribution in [0.5, 0.6) is 0 Å². The third kappa shape index (κ3) is 3.25. The molecule has 0 spiro atoms. The molecular weight excluding hydrogens is 238 g/mol. The summed E-state index contributed by atoms with van der Waals surface area (Å²) in [6.07, 6.45) is 0.762. The number of halogens is 2. The Morgan fingerprint density at radius 2 is 2.17 bits per heavy atom. The quantitative estimate of drug-likeness (QED) is 0.764. The third-order valence-electron chi connectivity index (χ3n) is 3.19. The van der Waals surface area contributed by atoms with Gasteiger partial charge in [0.25, 0.3) is 5.92 Å². The second-order valence-electron chi connectivity index (χ2n) is 4.61. The van der Waals surface area contributed by atoms with Gasteiger partial charge in [0, 0.05) is 12.6 Å². The predicted octanol–water partition coefficient (Wildman–Crippen LogP) is 1.44. The van der Waals surface area contributed by atoms with Gasteiger partial charge in [-0.05, 0) is 24.1 Å². The zero-order chi connectivity index (χ0) is 13.0. The normalized spacial score (nSPS) is 20.3. The van der Waals surface area contributed by atoms with Gasteiger partial charge in [0.2, 0.25) is 0 Å². The van der Waals surface area contributed by atoms with Gasteiger partial charge in [-0.15, -0.1) is 0 Å². The lowest BCUT2D eigenvalue weighted by molar-refractivity contribution is -0.0495. The number of hydrogen-bond acceptors (Lipinski definition) is 3. The zero-order valence-corrected chi connectivity index (χ0v) is 10.1. The van der Waals surface area contributed by atoms with E-state index in [4.69, 9.17) is 5.11 Å². The highest BCUT2D eigenvalue weighted by molar-refractivity contribution is 5.31. The van der Waals surface area contributed by atoms with Crippen LogP contribution < -0.4 is 10.6 Å². The van der Waals surface area contributed by atoms with Crippen molar-refractivity contribution in [2.75, 3.05) is 19.7 Å². The second-order valence-corrected chi connectivity index (χ2v) is 4.61. The largest absolute Gasteiger partial charge is 0.390 e. The first-order chi connectivity index (χ1) is 8.62. The van der Waals surface area contributed by atoms with Crippen LogP contribution in [0.15, 0.2) is 24.3 Å². The minimum atomic E-state index is -3.06. The number of hydrogen-bond donors (Lipinski definition) is 3. The molecule has 0 radical (unpaired) electrons. The summed E-state index contributed by atoms with van der Waals surface area (Å²) in [7, 11) is 0. The Kier molecular flexibility index (Phi) is 4.27. The molecule has 0 saturated heterocycles. The lowest BCUT2D eigenvalue weighted by Crippen LogP contribution is -2.38. The Morgan fingerprint density at radius 3 is 2.94 bits per heavy atom. The van der Waals surface area contributed by atoms with Crippen molar-refractivity contribution in [3.05, 3.63) is 35.4 Å². The molecule has 0 aliphatic carbocycles. The molecule has 1 aromatic carbocycles. The van der Waals surface area contributed by atoms with Crippen LogP contribution in [-0.2, 0) is 6.54 Å². The Balaban J connectivity index is 2.08. The van der Waals surface area contributed by atoms with E-state index in [1.54, 1.807) is 0 Å². The van der Waals surface area contributed by atoms with Crippen LogP contribution in [0.4, 0.5) is 8.78 Å². The van der Waals surface area contributed by atoms with E-state index in [2.05, 4.69) is 10.6 Å². The molecule has 18 heavy (non-hydrogen) atoms. The maximum Gasteiger partial charge on any atom is 0.282 e. The van der Waals surface area contributed by atoms with Gasteiger partial charge >= 0.3 is 0 Å². The van der Waals surface area contributed by atoms with Crippen LogP contribution in [0.2, 0.25) is 0 Å². The third-order valence-corrected chi connectivity index (χ3v) is 3.19. The molecule has 2 rings (SSSR count). The first kappa shape index (κ1) is 13.4. The van der Waals surface area contributed by atoms with Crippen molar-refractivity contribution in [3.63, 3.8) is 0 Å². The summed E-state index contributed by atoms with van der Waals surface area (Å²) in [5.74, 6) is -3.06. The van der Waals surface area contributed by atoms with Gasteiger partial charge in [-0.2, -0.15) is 0 Å². The number of aliphatic hydroxyl groups excluding tert-OH is 1. The van der Waals surface area contributed by atoms with Gasteiger partial charge in [0.1, 0.15) is 6.61 Å².